The van der Waals surface area contributed by atoms with Gasteiger partial charge in [-0.15, -0.1) is 11.3 Å². The molecule has 1 aromatic carbocycles. The lowest BCUT2D eigenvalue weighted by molar-refractivity contribution is -0.117. The van der Waals surface area contributed by atoms with Crippen molar-refractivity contribution in [2.24, 2.45) is 0 Å². The van der Waals surface area contributed by atoms with Gasteiger partial charge in [-0.25, -0.2) is 4.79 Å². The van der Waals surface area contributed by atoms with Crippen molar-refractivity contribution in [2.75, 3.05) is 11.9 Å². The van der Waals surface area contributed by atoms with Gasteiger partial charge < -0.3 is 20.7 Å². The van der Waals surface area contributed by atoms with Crippen molar-refractivity contribution in [3.8, 4) is 0 Å². The number of esters is 1. The summed E-state index contributed by atoms with van der Waals surface area (Å²) in [5.74, 6) is -0.876. The smallest absolute Gasteiger partial charge is 0.341 e. The molecule has 2 aromatic rings. The summed E-state index contributed by atoms with van der Waals surface area (Å²) in [5.41, 5.74) is 2.34. The van der Waals surface area contributed by atoms with Crippen molar-refractivity contribution in [1.82, 2.24) is 10.6 Å². The Labute approximate surface area is 223 Å². The van der Waals surface area contributed by atoms with E-state index in [0.29, 0.717) is 10.6 Å². The standard InChI is InChI=1S/C23H24Cl3N3O3S2/c1-2-32-20(31)18-15-10-6-7-11-16(15)34-19(18)28-22(33)29-21(23(24,25)26)27-17(30)13-12-14-8-4-3-5-9-14/h3-5,8-9,12-13,21H,2,6-7,10-11H2,1H3,(H,27,30)(H2,28,29,33)/b13-12-. The van der Waals surface area contributed by atoms with E-state index in [2.05, 4.69) is 16.0 Å². The minimum Gasteiger partial charge on any atom is -0.462 e. The molecule has 0 saturated carbocycles. The molecule has 1 unspecified atom stereocenters. The normalized spacial score (nSPS) is 14.2. The van der Waals surface area contributed by atoms with Gasteiger partial charge in [-0.3, -0.25) is 4.79 Å². The van der Waals surface area contributed by atoms with Gasteiger partial charge in [-0.05, 0) is 62.0 Å². The molecule has 1 heterocycles. The Morgan fingerprint density at radius 3 is 2.56 bits per heavy atom. The first kappa shape index (κ1) is 26.8. The number of hydrogen-bond acceptors (Lipinski definition) is 5. The van der Waals surface area contributed by atoms with Gasteiger partial charge in [0.1, 0.15) is 11.2 Å². The summed E-state index contributed by atoms with van der Waals surface area (Å²) in [4.78, 5) is 26.2. The summed E-state index contributed by atoms with van der Waals surface area (Å²) in [6, 6.07) is 9.32. The lowest BCUT2D eigenvalue weighted by atomic mass is 9.95. The third-order valence-electron chi connectivity index (χ3n) is 4.99. The summed E-state index contributed by atoms with van der Waals surface area (Å²) < 4.78 is 3.36. The van der Waals surface area contributed by atoms with Crippen LogP contribution < -0.4 is 16.0 Å². The molecule has 0 radical (unpaired) electrons. The van der Waals surface area contributed by atoms with Crippen LogP contribution in [-0.4, -0.2) is 33.6 Å². The maximum atomic E-state index is 12.6. The predicted octanol–water partition coefficient (Wildman–Crippen LogP) is 5.62. The number of thiophene rings is 1. The van der Waals surface area contributed by atoms with Gasteiger partial charge in [0, 0.05) is 11.0 Å². The molecule has 0 fully saturated rings. The molecule has 6 nitrogen and oxygen atoms in total. The fourth-order valence-corrected chi connectivity index (χ4v) is 5.36. The first-order valence-corrected chi connectivity index (χ1v) is 13.0. The number of carbonyl (C=O) groups excluding carboxylic acids is 2. The van der Waals surface area contributed by atoms with Crippen LogP contribution in [0.2, 0.25) is 0 Å². The molecule has 0 bridgehead atoms. The highest BCUT2D eigenvalue weighted by molar-refractivity contribution is 7.80. The SMILES string of the molecule is CCOC(=O)c1c(NC(=S)NC(NC(=O)/C=C\c2ccccc2)C(Cl)(Cl)Cl)sc2c1CCCC2. The molecule has 11 heteroatoms. The second-order valence-corrected chi connectivity index (χ2v) is 11.3. The van der Waals surface area contributed by atoms with Gasteiger partial charge in [0.05, 0.1) is 12.2 Å². The molecule has 1 atom stereocenters. The van der Waals surface area contributed by atoms with Crippen LogP contribution in [0.15, 0.2) is 36.4 Å². The molecule has 3 N–H and O–H groups in total. The second-order valence-electron chi connectivity index (χ2n) is 7.46. The molecule has 34 heavy (non-hydrogen) atoms. The van der Waals surface area contributed by atoms with Crippen LogP contribution in [0.5, 0.6) is 0 Å². The van der Waals surface area contributed by atoms with Crippen molar-refractivity contribution in [2.45, 2.75) is 42.6 Å². The number of halogens is 3. The zero-order chi connectivity index (χ0) is 24.7. The number of amides is 1. The van der Waals surface area contributed by atoms with E-state index < -0.39 is 21.8 Å². The summed E-state index contributed by atoms with van der Waals surface area (Å²) in [7, 11) is 0. The van der Waals surface area contributed by atoms with Crippen molar-refractivity contribution >= 4 is 86.4 Å². The molecule has 182 valence electrons. The van der Waals surface area contributed by atoms with E-state index in [0.717, 1.165) is 41.7 Å². The topological polar surface area (TPSA) is 79.5 Å². The molecular weight excluding hydrogens is 537 g/mol. The highest BCUT2D eigenvalue weighted by Gasteiger charge is 2.35. The number of rotatable bonds is 7. The quantitative estimate of drug-likeness (QED) is 0.134. The van der Waals surface area contributed by atoms with Crippen molar-refractivity contribution in [1.29, 1.82) is 0 Å². The molecule has 1 aliphatic carbocycles. The van der Waals surface area contributed by atoms with Crippen LogP contribution in [0.1, 0.15) is 46.1 Å². The number of ether oxygens (including phenoxy) is 1. The Morgan fingerprint density at radius 2 is 1.88 bits per heavy atom. The van der Waals surface area contributed by atoms with E-state index in [1.807, 2.05) is 30.3 Å². The molecular formula is C23H24Cl3N3O3S2. The van der Waals surface area contributed by atoms with E-state index >= 15 is 0 Å². The number of thiocarbonyl (C=S) groups is 1. The Morgan fingerprint density at radius 1 is 1.18 bits per heavy atom. The van der Waals surface area contributed by atoms with E-state index in [9.17, 15) is 9.59 Å². The van der Waals surface area contributed by atoms with Crippen LogP contribution in [0, 0.1) is 0 Å². The average molecular weight is 561 g/mol. The van der Waals surface area contributed by atoms with Crippen LogP contribution in [0.3, 0.4) is 0 Å². The number of hydrogen-bond donors (Lipinski definition) is 3. The van der Waals surface area contributed by atoms with Crippen LogP contribution in [-0.2, 0) is 22.4 Å². The lowest BCUT2D eigenvalue weighted by Gasteiger charge is -2.27. The van der Waals surface area contributed by atoms with E-state index in [-0.39, 0.29) is 11.7 Å². The number of alkyl halides is 3. The van der Waals surface area contributed by atoms with Gasteiger partial charge in [0.2, 0.25) is 9.70 Å². The number of anilines is 1. The number of nitrogens with one attached hydrogen (secondary N) is 3. The third kappa shape index (κ3) is 7.33. The Balaban J connectivity index is 1.72. The largest absolute Gasteiger partial charge is 0.462 e. The van der Waals surface area contributed by atoms with Gasteiger partial charge in [-0.2, -0.15) is 0 Å². The third-order valence-corrected chi connectivity index (χ3v) is 7.08. The van der Waals surface area contributed by atoms with E-state index in [1.54, 1.807) is 13.0 Å². The lowest BCUT2D eigenvalue weighted by Crippen LogP contribution is -2.55. The molecule has 1 amide bonds. The zero-order valence-electron chi connectivity index (χ0n) is 18.3. The monoisotopic (exact) mass is 559 g/mol. The number of carbonyl (C=O) groups is 2. The van der Waals surface area contributed by atoms with E-state index in [1.165, 1.54) is 17.4 Å². The van der Waals surface area contributed by atoms with Crippen molar-refractivity contribution in [3.05, 3.63) is 58.0 Å². The molecule has 1 aromatic heterocycles. The predicted molar refractivity (Wildman–Crippen MR) is 144 cm³/mol. The maximum Gasteiger partial charge on any atom is 0.341 e. The van der Waals surface area contributed by atoms with Gasteiger partial charge in [0.25, 0.3) is 0 Å². The average Bonchev–Trinajstić information content (AvgIpc) is 3.15. The molecule has 0 spiro atoms. The van der Waals surface area contributed by atoms with Crippen molar-refractivity contribution in [3.63, 3.8) is 0 Å². The number of fused-ring (bicyclic) bond motifs is 1. The maximum absolute atomic E-state index is 12.6. The zero-order valence-corrected chi connectivity index (χ0v) is 22.2. The summed E-state index contributed by atoms with van der Waals surface area (Å²) in [6.07, 6.45) is 5.63. The minimum absolute atomic E-state index is 0.0906. The Kier molecular flexibility index (Phi) is 9.62. The minimum atomic E-state index is -1.90. The van der Waals surface area contributed by atoms with E-state index in [4.69, 9.17) is 51.8 Å². The Hall–Kier alpha value is -1.84. The summed E-state index contributed by atoms with van der Waals surface area (Å²) >= 11 is 25.1. The van der Waals surface area contributed by atoms with Gasteiger partial charge in [0.15, 0.2) is 5.11 Å². The van der Waals surface area contributed by atoms with Crippen LogP contribution in [0.4, 0.5) is 5.00 Å². The first-order valence-electron chi connectivity index (χ1n) is 10.7. The first-order chi connectivity index (χ1) is 16.2. The van der Waals surface area contributed by atoms with Crippen molar-refractivity contribution < 1.29 is 14.3 Å². The highest BCUT2D eigenvalue weighted by atomic mass is 35.6. The Bertz CT molecular complexity index is 1070. The second kappa shape index (κ2) is 12.2. The summed E-state index contributed by atoms with van der Waals surface area (Å²) in [6.45, 7) is 2.03. The highest BCUT2D eigenvalue weighted by Crippen LogP contribution is 2.38. The number of aryl methyl sites for hydroxylation is 1. The summed E-state index contributed by atoms with van der Waals surface area (Å²) in [5, 5.41) is 9.12. The fourth-order valence-electron chi connectivity index (χ4n) is 3.47. The molecule has 0 aliphatic heterocycles. The molecule has 1 aliphatic rings. The van der Waals surface area contributed by atoms with Gasteiger partial charge in [-0.1, -0.05) is 65.1 Å². The molecule has 3 rings (SSSR count). The van der Waals surface area contributed by atoms with Crippen LogP contribution in [0.25, 0.3) is 6.08 Å². The molecule has 0 saturated heterocycles. The van der Waals surface area contributed by atoms with Crippen LogP contribution >= 0.6 is 58.4 Å². The van der Waals surface area contributed by atoms with Gasteiger partial charge >= 0.3 is 5.97 Å². The number of benzene rings is 1. The fraction of sp³-hybridized carbons (Fsp3) is 0.348.